The smallest absolute Gasteiger partial charge is 0.224 e. The van der Waals surface area contributed by atoms with Gasteiger partial charge in [-0.05, 0) is 92.4 Å². The Morgan fingerprint density at radius 3 is 2.21 bits per heavy atom. The molecule has 4 saturated carbocycles. The summed E-state index contributed by atoms with van der Waals surface area (Å²) >= 11 is 0. The number of carbonyl (C=O) groups excluding carboxylic acids is 2. The molecule has 4 bridgehead atoms. The lowest BCUT2D eigenvalue weighted by atomic mass is 9.48. The first-order valence-electron chi connectivity index (χ1n) is 15.8. The molecular weight excluding hydrogens is 520 g/mol. The molecule has 1 aromatic heterocycles. The number of aromatic nitrogens is 2. The van der Waals surface area contributed by atoms with Gasteiger partial charge in [-0.15, -0.1) is 0 Å². The Hall–Kier alpha value is -3.67. The zero-order chi connectivity index (χ0) is 28.8. The number of anilines is 2. The van der Waals surface area contributed by atoms with Gasteiger partial charge in [0.1, 0.15) is 0 Å². The topological polar surface area (TPSA) is 67.2 Å². The molecule has 0 saturated heterocycles. The van der Waals surface area contributed by atoms with Crippen LogP contribution in [0.5, 0.6) is 0 Å². The number of Topliss-reactive ketones (excluding diaryl/α,β-unsaturated/α-hetero) is 1. The minimum atomic E-state index is -0.530. The van der Waals surface area contributed by atoms with Crippen molar-refractivity contribution in [2.24, 2.45) is 23.2 Å². The van der Waals surface area contributed by atoms with Gasteiger partial charge in [0.25, 0.3) is 0 Å². The molecule has 1 N–H and O–H groups in total. The van der Waals surface area contributed by atoms with Gasteiger partial charge in [0, 0.05) is 41.8 Å². The lowest BCUT2D eigenvalue weighted by Crippen LogP contribution is -2.49. The van der Waals surface area contributed by atoms with Crippen LogP contribution in [-0.2, 0) is 15.0 Å². The zero-order valence-electron chi connectivity index (χ0n) is 24.9. The van der Waals surface area contributed by atoms with Crippen molar-refractivity contribution < 1.29 is 9.59 Å². The molecule has 6 heteroatoms. The number of rotatable bonds is 3. The molecule has 4 fully saturated rings. The molecule has 1 atom stereocenters. The Bertz CT molecular complexity index is 1600. The molecule has 9 rings (SSSR count). The van der Waals surface area contributed by atoms with E-state index in [-0.39, 0.29) is 22.5 Å². The fourth-order valence-corrected chi connectivity index (χ4v) is 9.74. The Labute approximate surface area is 248 Å². The van der Waals surface area contributed by atoms with Crippen LogP contribution in [0.2, 0.25) is 0 Å². The number of benzene rings is 2. The average Bonchev–Trinajstić information content (AvgIpc) is 3.32. The van der Waals surface area contributed by atoms with E-state index in [9.17, 15) is 9.59 Å². The van der Waals surface area contributed by atoms with E-state index in [1.165, 1.54) is 19.3 Å². The van der Waals surface area contributed by atoms with Gasteiger partial charge in [-0.3, -0.25) is 14.5 Å². The molecule has 2 aromatic carbocycles. The van der Waals surface area contributed by atoms with Crippen LogP contribution in [0, 0.1) is 23.2 Å². The van der Waals surface area contributed by atoms with Crippen molar-refractivity contribution >= 4 is 23.1 Å². The summed E-state index contributed by atoms with van der Waals surface area (Å²) in [5.41, 5.74) is 6.34. The summed E-state index contributed by atoms with van der Waals surface area (Å²) in [4.78, 5) is 29.9. The number of nitrogens with zero attached hydrogens (tertiary/aromatic N) is 3. The number of carbonyl (C=O) groups is 2. The van der Waals surface area contributed by atoms with E-state index in [0.29, 0.717) is 6.42 Å². The van der Waals surface area contributed by atoms with Gasteiger partial charge in [-0.25, -0.2) is 4.68 Å². The first kappa shape index (κ1) is 26.0. The van der Waals surface area contributed by atoms with E-state index in [1.54, 1.807) is 6.92 Å². The fourth-order valence-electron chi connectivity index (χ4n) is 9.74. The molecule has 6 nitrogen and oxygen atoms in total. The monoisotopic (exact) mass is 560 g/mol. The molecule has 2 heterocycles. The minimum absolute atomic E-state index is 0.0104. The number of allylic oxidation sites excluding steroid dienone is 1. The van der Waals surface area contributed by atoms with Gasteiger partial charge in [0.2, 0.25) is 5.91 Å². The summed E-state index contributed by atoms with van der Waals surface area (Å²) in [6.07, 6.45) is 10.9. The molecule has 1 amide bonds. The number of hydrogen-bond acceptors (Lipinski definition) is 4. The molecule has 216 valence electrons. The number of ketones is 1. The van der Waals surface area contributed by atoms with Gasteiger partial charge in [-0.1, -0.05) is 44.2 Å². The zero-order valence-corrected chi connectivity index (χ0v) is 24.9. The van der Waals surface area contributed by atoms with Crippen molar-refractivity contribution in [2.75, 3.05) is 10.2 Å². The van der Waals surface area contributed by atoms with Crippen molar-refractivity contribution in [3.63, 3.8) is 0 Å². The Morgan fingerprint density at radius 1 is 0.905 bits per heavy atom. The largest absolute Gasteiger partial charge is 0.357 e. The minimum Gasteiger partial charge on any atom is -0.357 e. The van der Waals surface area contributed by atoms with E-state index < -0.39 is 6.04 Å². The number of nitrogens with one attached hydrogen (secondary N) is 1. The Kier molecular flexibility index (Phi) is 5.67. The highest BCUT2D eigenvalue weighted by atomic mass is 16.2. The highest BCUT2D eigenvalue weighted by Gasteiger charge is 2.55. The van der Waals surface area contributed by atoms with Crippen molar-refractivity contribution in [1.29, 1.82) is 0 Å². The average molecular weight is 561 g/mol. The highest BCUT2D eigenvalue weighted by Crippen LogP contribution is 2.62. The van der Waals surface area contributed by atoms with Crippen LogP contribution >= 0.6 is 0 Å². The van der Waals surface area contributed by atoms with Crippen molar-refractivity contribution in [3.8, 4) is 5.69 Å². The summed E-state index contributed by atoms with van der Waals surface area (Å²) in [6.45, 7) is 5.97. The molecule has 5 aliphatic carbocycles. The third-order valence-electron chi connectivity index (χ3n) is 10.8. The van der Waals surface area contributed by atoms with E-state index in [1.807, 2.05) is 52.0 Å². The van der Waals surface area contributed by atoms with Gasteiger partial charge in [0.05, 0.1) is 28.8 Å². The first-order chi connectivity index (χ1) is 20.2. The third-order valence-corrected chi connectivity index (χ3v) is 10.8. The maximum atomic E-state index is 14.3. The molecule has 1 unspecified atom stereocenters. The number of para-hydroxylation sites is 3. The first-order valence-corrected chi connectivity index (χ1v) is 15.8. The number of fused-ring (bicyclic) bond motifs is 1. The SMILES string of the molecule is CC(=O)N1c2ccccc2NC2=C(C(=O)CC(C)(C)C2)C1c1cn(-c2ccccc2)nc1C12CC3CC(CC(C3)C1)C2. The lowest BCUT2D eigenvalue weighted by Gasteiger charge is -2.56. The summed E-state index contributed by atoms with van der Waals surface area (Å²) in [7, 11) is 0. The molecule has 42 heavy (non-hydrogen) atoms. The second kappa shape index (κ2) is 9.16. The van der Waals surface area contributed by atoms with Crippen LogP contribution in [0.1, 0.15) is 89.4 Å². The quantitative estimate of drug-likeness (QED) is 0.360. The number of hydrogen-bond donors (Lipinski definition) is 1. The predicted octanol–water partition coefficient (Wildman–Crippen LogP) is 7.50. The van der Waals surface area contributed by atoms with E-state index in [4.69, 9.17) is 5.10 Å². The maximum absolute atomic E-state index is 14.3. The van der Waals surface area contributed by atoms with Crippen molar-refractivity contribution in [1.82, 2.24) is 9.78 Å². The summed E-state index contributed by atoms with van der Waals surface area (Å²) < 4.78 is 2.02. The van der Waals surface area contributed by atoms with Crippen LogP contribution in [0.4, 0.5) is 11.4 Å². The summed E-state index contributed by atoms with van der Waals surface area (Å²) in [5, 5.41) is 9.10. The van der Waals surface area contributed by atoms with E-state index in [0.717, 1.165) is 83.0 Å². The van der Waals surface area contributed by atoms with Gasteiger partial charge < -0.3 is 5.32 Å². The number of amides is 1. The van der Waals surface area contributed by atoms with E-state index in [2.05, 4.69) is 37.5 Å². The Morgan fingerprint density at radius 2 is 1.55 bits per heavy atom. The molecule has 1 aliphatic heterocycles. The summed E-state index contributed by atoms with van der Waals surface area (Å²) in [6, 6.07) is 17.8. The van der Waals surface area contributed by atoms with Crippen LogP contribution in [0.3, 0.4) is 0 Å². The van der Waals surface area contributed by atoms with Crippen LogP contribution in [0.25, 0.3) is 5.69 Å². The third kappa shape index (κ3) is 4.01. The normalized spacial score (nSPS) is 30.9. The predicted molar refractivity (Wildman–Crippen MR) is 164 cm³/mol. The van der Waals surface area contributed by atoms with Gasteiger partial charge in [0.15, 0.2) is 5.78 Å². The summed E-state index contributed by atoms with van der Waals surface area (Å²) in [5.74, 6) is 2.31. The molecule has 0 spiro atoms. The van der Waals surface area contributed by atoms with Crippen LogP contribution in [0.15, 0.2) is 72.1 Å². The lowest BCUT2D eigenvalue weighted by molar-refractivity contribution is -0.118. The van der Waals surface area contributed by atoms with Crippen LogP contribution < -0.4 is 10.2 Å². The standard InChI is InChI=1S/C36H40N4O2/c1-22(41)40-30-12-8-7-11-28(30)37-29-19-35(2,3)20-31(42)32(29)33(40)27-21-39(26-9-5-4-6-10-26)38-34(27)36-16-23-13-24(17-36)15-25(14-23)18-36/h4-12,21,23-25,33,37H,13-20H2,1-3H3. The highest BCUT2D eigenvalue weighted by molar-refractivity contribution is 6.06. The second-order valence-electron chi connectivity index (χ2n) is 14.7. The van der Waals surface area contributed by atoms with Crippen LogP contribution in [-0.4, -0.2) is 21.5 Å². The van der Waals surface area contributed by atoms with E-state index >= 15 is 0 Å². The molecule has 0 radical (unpaired) electrons. The molecule has 3 aromatic rings. The Balaban J connectivity index is 1.40. The van der Waals surface area contributed by atoms with Gasteiger partial charge in [-0.2, -0.15) is 5.10 Å². The second-order valence-corrected chi connectivity index (χ2v) is 14.7. The fraction of sp³-hybridized carbons (Fsp3) is 0.472. The molecular formula is C36H40N4O2. The maximum Gasteiger partial charge on any atom is 0.224 e. The van der Waals surface area contributed by atoms with Gasteiger partial charge >= 0.3 is 0 Å². The van der Waals surface area contributed by atoms with Crippen molar-refractivity contribution in [3.05, 3.63) is 83.3 Å². The molecule has 6 aliphatic rings. The van der Waals surface area contributed by atoms with Crippen molar-refractivity contribution in [2.45, 2.75) is 83.6 Å².